The molecule has 0 saturated carbocycles. The normalized spacial score (nSPS) is 21.5. The molecule has 1 aromatic rings. The number of rotatable bonds is 4. The Morgan fingerprint density at radius 3 is 2.57 bits per heavy atom. The van der Waals surface area contributed by atoms with Gasteiger partial charge in [-0.25, -0.2) is 0 Å². The van der Waals surface area contributed by atoms with Gasteiger partial charge in [0.05, 0.1) is 22.8 Å². The fourth-order valence-electron chi connectivity index (χ4n) is 2.40. The first-order chi connectivity index (χ1) is 11.0. The molecule has 1 aliphatic rings. The standard InChI is InChI=1S/C14H20Cl2N2O.C3H8O/c1-18(2)9-14-11(8-17-5-6-19-14)10-3-4-12(15)13(16)7-10;1-2-3-4/h3-4,7,11,14,17H,5-6,8-9H2,1-2H3;4H,2-3H2,1H3. The Morgan fingerprint density at radius 2 is 2.00 bits per heavy atom. The van der Waals surface area contributed by atoms with Gasteiger partial charge in [0.1, 0.15) is 0 Å². The SMILES string of the molecule is CCCO.CN(C)CC1OCCNCC1c1ccc(Cl)c(Cl)c1. The predicted molar refractivity (Wildman–Crippen MR) is 97.7 cm³/mol. The Labute approximate surface area is 149 Å². The van der Waals surface area contributed by atoms with Crippen molar-refractivity contribution in [3.05, 3.63) is 33.8 Å². The summed E-state index contributed by atoms with van der Waals surface area (Å²) in [6.07, 6.45) is 1.04. The van der Waals surface area contributed by atoms with Crippen molar-refractivity contribution < 1.29 is 9.84 Å². The summed E-state index contributed by atoms with van der Waals surface area (Å²) in [5, 5.41) is 12.5. The van der Waals surface area contributed by atoms with E-state index in [0.717, 1.165) is 32.7 Å². The molecule has 1 heterocycles. The number of nitrogens with one attached hydrogen (secondary N) is 1. The zero-order valence-corrected chi connectivity index (χ0v) is 15.7. The highest BCUT2D eigenvalue weighted by Gasteiger charge is 2.26. The third-order valence-corrected chi connectivity index (χ3v) is 4.30. The molecule has 0 aromatic heterocycles. The van der Waals surface area contributed by atoms with Crippen LogP contribution in [0, 0.1) is 0 Å². The van der Waals surface area contributed by atoms with Crippen LogP contribution in [0.15, 0.2) is 18.2 Å². The van der Waals surface area contributed by atoms with E-state index in [9.17, 15) is 0 Å². The molecule has 2 rings (SSSR count). The highest BCUT2D eigenvalue weighted by Crippen LogP contribution is 2.29. The number of ether oxygens (including phenoxy) is 1. The molecule has 2 unspecified atom stereocenters. The molecule has 4 nitrogen and oxygen atoms in total. The first kappa shape index (κ1) is 20.7. The summed E-state index contributed by atoms with van der Waals surface area (Å²) in [5.74, 6) is 0.291. The van der Waals surface area contributed by atoms with Crippen LogP contribution in [0.4, 0.5) is 0 Å². The van der Waals surface area contributed by atoms with E-state index in [1.807, 2.05) is 25.1 Å². The monoisotopic (exact) mass is 362 g/mol. The number of aliphatic hydroxyl groups excluding tert-OH is 1. The van der Waals surface area contributed by atoms with Crippen LogP contribution in [0.2, 0.25) is 10.0 Å². The van der Waals surface area contributed by atoms with Gasteiger partial charge in [0.15, 0.2) is 0 Å². The number of nitrogens with zero attached hydrogens (tertiary/aromatic N) is 1. The van der Waals surface area contributed by atoms with Gasteiger partial charge in [-0.2, -0.15) is 0 Å². The van der Waals surface area contributed by atoms with E-state index >= 15 is 0 Å². The molecule has 0 amide bonds. The predicted octanol–water partition coefficient (Wildman–Crippen LogP) is 3.02. The summed E-state index contributed by atoms with van der Waals surface area (Å²) in [7, 11) is 4.13. The molecule has 1 saturated heterocycles. The second-order valence-corrected chi connectivity index (χ2v) is 6.69. The second kappa shape index (κ2) is 11.2. The van der Waals surface area contributed by atoms with Crippen LogP contribution in [-0.4, -0.2) is 63.1 Å². The highest BCUT2D eigenvalue weighted by molar-refractivity contribution is 6.42. The van der Waals surface area contributed by atoms with Crippen molar-refractivity contribution in [3.8, 4) is 0 Å². The van der Waals surface area contributed by atoms with Crippen molar-refractivity contribution in [1.82, 2.24) is 10.2 Å². The van der Waals surface area contributed by atoms with Crippen molar-refractivity contribution >= 4 is 23.2 Å². The molecule has 1 aromatic carbocycles. The van der Waals surface area contributed by atoms with Crippen molar-refractivity contribution in [3.63, 3.8) is 0 Å². The molecule has 0 radical (unpaired) electrons. The molecular formula is C17H28Cl2N2O2. The third-order valence-electron chi connectivity index (χ3n) is 3.56. The van der Waals surface area contributed by atoms with Crippen LogP contribution in [0.25, 0.3) is 0 Å². The summed E-state index contributed by atoms with van der Waals surface area (Å²) in [4.78, 5) is 2.15. The van der Waals surface area contributed by atoms with Crippen LogP contribution >= 0.6 is 23.2 Å². The maximum Gasteiger partial charge on any atom is 0.0782 e. The lowest BCUT2D eigenvalue weighted by Crippen LogP contribution is -2.35. The second-order valence-electron chi connectivity index (χ2n) is 5.88. The largest absolute Gasteiger partial charge is 0.396 e. The van der Waals surface area contributed by atoms with Gasteiger partial charge in [-0.05, 0) is 38.2 Å². The van der Waals surface area contributed by atoms with Gasteiger partial charge in [0.2, 0.25) is 0 Å². The van der Waals surface area contributed by atoms with Gasteiger partial charge in [-0.15, -0.1) is 0 Å². The van der Waals surface area contributed by atoms with Gasteiger partial charge in [0, 0.05) is 32.2 Å². The smallest absolute Gasteiger partial charge is 0.0782 e. The molecule has 132 valence electrons. The number of hydrogen-bond donors (Lipinski definition) is 2. The van der Waals surface area contributed by atoms with Gasteiger partial charge < -0.3 is 20.1 Å². The molecule has 1 fully saturated rings. The minimum absolute atomic E-state index is 0.169. The van der Waals surface area contributed by atoms with Gasteiger partial charge in [-0.3, -0.25) is 0 Å². The van der Waals surface area contributed by atoms with E-state index in [0.29, 0.717) is 22.6 Å². The number of benzene rings is 1. The highest BCUT2D eigenvalue weighted by atomic mass is 35.5. The van der Waals surface area contributed by atoms with E-state index in [-0.39, 0.29) is 6.10 Å². The maximum atomic E-state index is 7.88. The number of likely N-dealkylation sites (N-methyl/N-ethyl adjacent to an activating group) is 1. The van der Waals surface area contributed by atoms with Crippen LogP contribution in [0.3, 0.4) is 0 Å². The van der Waals surface area contributed by atoms with Crippen LogP contribution in [0.1, 0.15) is 24.8 Å². The van der Waals surface area contributed by atoms with Crippen molar-refractivity contribution in [2.24, 2.45) is 0 Å². The van der Waals surface area contributed by atoms with Gasteiger partial charge in [-0.1, -0.05) is 36.2 Å². The minimum Gasteiger partial charge on any atom is -0.396 e. The zero-order chi connectivity index (χ0) is 17.2. The quantitative estimate of drug-likeness (QED) is 0.863. The zero-order valence-electron chi connectivity index (χ0n) is 14.2. The molecule has 23 heavy (non-hydrogen) atoms. The maximum absolute atomic E-state index is 7.88. The lowest BCUT2D eigenvalue weighted by molar-refractivity contribution is 0.0342. The topological polar surface area (TPSA) is 44.7 Å². The van der Waals surface area contributed by atoms with Crippen molar-refractivity contribution in [1.29, 1.82) is 0 Å². The van der Waals surface area contributed by atoms with Crippen molar-refractivity contribution in [2.75, 3.05) is 46.9 Å². The summed E-state index contributed by atoms with van der Waals surface area (Å²) < 4.78 is 5.97. The molecule has 0 aliphatic carbocycles. The molecular weight excluding hydrogens is 335 g/mol. The fourth-order valence-corrected chi connectivity index (χ4v) is 2.71. The average molecular weight is 363 g/mol. The fraction of sp³-hybridized carbons (Fsp3) is 0.647. The Hall–Kier alpha value is -0.360. The molecule has 6 heteroatoms. The Balaban J connectivity index is 0.000000593. The van der Waals surface area contributed by atoms with E-state index in [1.165, 1.54) is 5.56 Å². The molecule has 2 N–H and O–H groups in total. The first-order valence-corrected chi connectivity index (χ1v) is 8.78. The van der Waals surface area contributed by atoms with Crippen LogP contribution in [0.5, 0.6) is 0 Å². The Bertz CT molecular complexity index is 456. The van der Waals surface area contributed by atoms with E-state index in [2.05, 4.69) is 24.3 Å². The number of halogens is 2. The summed E-state index contributed by atoms with van der Waals surface area (Å²) in [6, 6.07) is 5.85. The van der Waals surface area contributed by atoms with Gasteiger partial charge >= 0.3 is 0 Å². The van der Waals surface area contributed by atoms with Crippen LogP contribution in [-0.2, 0) is 4.74 Å². The molecule has 1 aliphatic heterocycles. The lowest BCUT2D eigenvalue weighted by Gasteiger charge is -2.27. The number of hydrogen-bond acceptors (Lipinski definition) is 4. The lowest BCUT2D eigenvalue weighted by atomic mass is 9.93. The molecule has 2 atom stereocenters. The van der Waals surface area contributed by atoms with E-state index in [4.69, 9.17) is 33.0 Å². The summed E-state index contributed by atoms with van der Waals surface area (Å²) >= 11 is 12.1. The summed E-state index contributed by atoms with van der Waals surface area (Å²) in [6.45, 7) is 5.68. The molecule has 0 spiro atoms. The average Bonchev–Trinajstić information content (AvgIpc) is 2.75. The Morgan fingerprint density at radius 1 is 1.30 bits per heavy atom. The Kier molecular flexibility index (Phi) is 10.1. The number of aliphatic hydroxyl groups is 1. The minimum atomic E-state index is 0.169. The van der Waals surface area contributed by atoms with Gasteiger partial charge in [0.25, 0.3) is 0 Å². The third kappa shape index (κ3) is 7.38. The van der Waals surface area contributed by atoms with E-state index < -0.39 is 0 Å². The molecule has 0 bridgehead atoms. The first-order valence-electron chi connectivity index (χ1n) is 8.02. The van der Waals surface area contributed by atoms with Crippen molar-refractivity contribution in [2.45, 2.75) is 25.4 Å². The van der Waals surface area contributed by atoms with E-state index in [1.54, 1.807) is 0 Å². The summed E-state index contributed by atoms with van der Waals surface area (Å²) in [5.41, 5.74) is 1.18. The van der Waals surface area contributed by atoms with Crippen LogP contribution < -0.4 is 5.32 Å².